The van der Waals surface area contributed by atoms with E-state index in [9.17, 15) is 18.4 Å². The number of carbonyl (C=O) groups is 2. The van der Waals surface area contributed by atoms with Gasteiger partial charge in [0.05, 0.1) is 24.5 Å². The molecule has 6 unspecified atom stereocenters. The summed E-state index contributed by atoms with van der Waals surface area (Å²) in [4.78, 5) is 42.9. The Balaban J connectivity index is 0.000000153. The molecule has 0 bridgehead atoms. The minimum Gasteiger partial charge on any atom is -0.381 e. The van der Waals surface area contributed by atoms with E-state index >= 15 is 0 Å². The number of carbonyl (C=O) groups excluding carboxylic acids is 2. The van der Waals surface area contributed by atoms with E-state index in [1.807, 2.05) is 53.7 Å². The first-order valence-electron chi connectivity index (χ1n) is 20.1. The molecule has 0 spiro atoms. The van der Waals surface area contributed by atoms with Crippen molar-refractivity contribution < 1.29 is 18.4 Å². The molecule has 2 aromatic heterocycles. The second kappa shape index (κ2) is 18.9. The Labute approximate surface area is 358 Å². The second-order valence-corrected chi connectivity index (χ2v) is 16.3. The number of benzene rings is 2. The third kappa shape index (κ3) is 9.35. The lowest BCUT2D eigenvalue weighted by atomic mass is 10.0. The molecule has 18 heteroatoms. The van der Waals surface area contributed by atoms with Crippen LogP contribution in [0.1, 0.15) is 61.7 Å². The van der Waals surface area contributed by atoms with Crippen LogP contribution in [0.5, 0.6) is 0 Å². The molecule has 2 saturated heterocycles. The van der Waals surface area contributed by atoms with E-state index < -0.39 is 11.6 Å². The van der Waals surface area contributed by atoms with Crippen LogP contribution in [0.15, 0.2) is 83.3 Å². The Morgan fingerprint density at radius 1 is 0.667 bits per heavy atom. The van der Waals surface area contributed by atoms with Crippen LogP contribution in [0.25, 0.3) is 0 Å². The Hall–Kier alpha value is -5.32. The van der Waals surface area contributed by atoms with Crippen molar-refractivity contribution in [1.82, 2.24) is 35.3 Å². The number of nitrogens with one attached hydrogen (secondary N) is 1. The van der Waals surface area contributed by atoms with E-state index in [-0.39, 0.29) is 65.1 Å². The maximum Gasteiger partial charge on any atom is 0.246 e. The van der Waals surface area contributed by atoms with Crippen molar-refractivity contribution in [3.05, 3.63) is 101 Å². The number of nitrogen functional groups attached to an aromatic ring is 2. The van der Waals surface area contributed by atoms with E-state index in [1.54, 1.807) is 10.0 Å². The van der Waals surface area contributed by atoms with Crippen LogP contribution in [0.3, 0.4) is 0 Å². The Kier molecular flexibility index (Phi) is 13.5. The number of anilines is 3. The van der Waals surface area contributed by atoms with Crippen molar-refractivity contribution in [2.45, 2.75) is 50.6 Å². The predicted octanol–water partition coefficient (Wildman–Crippen LogP) is 6.08. The van der Waals surface area contributed by atoms with Gasteiger partial charge in [-0.3, -0.25) is 9.59 Å². The topological polar surface area (TPSA) is 184 Å². The molecule has 4 aromatic rings. The number of hydrogen-bond acceptors (Lipinski definition) is 12. The standard InChI is InChI=1S/C21H23FN6O.C17H21N3O.C4H3ClFN3.ClH/c22-17-10-24-21(26-19(17)23)27-11-15-8-14(9-16(15)12-27)20(29)28-18(6-7-25-28)13-4-2-1-3-5-13;21-17(13-8-14-10-18-11-15(14)9-13)20-16(6-7-19-20)12-4-2-1-3-5-12;5-4-8-1-2(6)3(7)9-4;/h1-5,7,10,14-16,18H,6,8-9,11-12H2,(H2,23,24,26);1-5,7,13-16,18H,6,8-11H2;1H,(H2,7,8,9);1H. The summed E-state index contributed by atoms with van der Waals surface area (Å²) in [6, 6.07) is 20.4. The highest BCUT2D eigenvalue weighted by Gasteiger charge is 2.47. The number of fused-ring (bicyclic) bond motifs is 2. The number of hydrogen-bond donors (Lipinski definition) is 3. The van der Waals surface area contributed by atoms with Gasteiger partial charge in [-0.15, -0.1) is 12.4 Å². The number of nitrogens with two attached hydrogens (primary N) is 2. The average molecular weight is 862 g/mol. The van der Waals surface area contributed by atoms with Crippen molar-refractivity contribution in [2.75, 3.05) is 42.5 Å². The summed E-state index contributed by atoms with van der Waals surface area (Å²) >= 11 is 5.25. The van der Waals surface area contributed by atoms with Gasteiger partial charge in [-0.05, 0) is 85.2 Å². The first-order valence-corrected chi connectivity index (χ1v) is 20.5. The largest absolute Gasteiger partial charge is 0.381 e. The molecule has 4 aliphatic heterocycles. The third-order valence-corrected chi connectivity index (χ3v) is 12.5. The maximum absolute atomic E-state index is 13.3. The number of rotatable bonds is 5. The fraction of sp³-hybridized carbons (Fsp3) is 0.429. The number of amides is 2. The molecule has 2 saturated carbocycles. The Morgan fingerprint density at radius 3 is 1.57 bits per heavy atom. The summed E-state index contributed by atoms with van der Waals surface area (Å²) in [5, 5.41) is 15.6. The van der Waals surface area contributed by atoms with Crippen LogP contribution in [-0.2, 0) is 9.59 Å². The number of aromatic nitrogens is 4. The van der Waals surface area contributed by atoms with Crippen LogP contribution < -0.4 is 21.7 Å². The molecule has 2 aromatic carbocycles. The SMILES string of the molecule is Cl.Nc1nc(Cl)ncc1F.Nc1nc(N2CC3CC(C(=O)N4N=CCC4c4ccccc4)CC3C2)ncc1F.O=C(C1CC2CNCC2C1)N1N=CCC1c1ccccc1. The molecule has 10 rings (SSSR count). The first kappa shape index (κ1) is 42.8. The van der Waals surface area contributed by atoms with E-state index in [4.69, 9.17) is 23.1 Å². The van der Waals surface area contributed by atoms with Gasteiger partial charge >= 0.3 is 0 Å². The zero-order valence-corrected chi connectivity index (χ0v) is 34.4. The quantitative estimate of drug-likeness (QED) is 0.199. The third-order valence-electron chi connectivity index (χ3n) is 12.4. The van der Waals surface area contributed by atoms with E-state index in [0.29, 0.717) is 29.6 Å². The van der Waals surface area contributed by atoms with Gasteiger partial charge in [0.15, 0.2) is 23.3 Å². The lowest BCUT2D eigenvalue weighted by Gasteiger charge is -2.26. The fourth-order valence-electron chi connectivity index (χ4n) is 9.44. The van der Waals surface area contributed by atoms with Crippen LogP contribution in [0.4, 0.5) is 26.4 Å². The minimum absolute atomic E-state index is 0. The summed E-state index contributed by atoms with van der Waals surface area (Å²) in [6.45, 7) is 3.70. The van der Waals surface area contributed by atoms with Gasteiger partial charge < -0.3 is 21.7 Å². The highest BCUT2D eigenvalue weighted by Crippen LogP contribution is 2.45. The second-order valence-electron chi connectivity index (χ2n) is 16.0. The number of nitrogens with zero attached hydrogens (tertiary/aromatic N) is 9. The van der Waals surface area contributed by atoms with Crippen molar-refractivity contribution in [1.29, 1.82) is 0 Å². The zero-order valence-electron chi connectivity index (χ0n) is 32.8. The van der Waals surface area contributed by atoms with Gasteiger partial charge in [-0.2, -0.15) is 20.2 Å². The maximum atomic E-state index is 13.3. The van der Waals surface area contributed by atoms with E-state index in [2.05, 4.69) is 59.7 Å². The molecule has 5 N–H and O–H groups in total. The lowest BCUT2D eigenvalue weighted by Crippen LogP contribution is -2.33. The zero-order chi connectivity index (χ0) is 41.0. The van der Waals surface area contributed by atoms with Crippen molar-refractivity contribution in [3.8, 4) is 0 Å². The van der Waals surface area contributed by atoms with Gasteiger partial charge in [0, 0.05) is 50.2 Å². The molecule has 2 amide bonds. The number of hydrazone groups is 2. The molecular weight excluding hydrogens is 813 g/mol. The summed E-state index contributed by atoms with van der Waals surface area (Å²) in [6.07, 6.45) is 11.1. The van der Waals surface area contributed by atoms with Gasteiger partial charge in [-0.25, -0.2) is 28.8 Å². The van der Waals surface area contributed by atoms with Crippen molar-refractivity contribution in [2.24, 2.45) is 45.7 Å². The van der Waals surface area contributed by atoms with E-state index in [1.165, 1.54) is 5.56 Å². The molecule has 0 radical (unpaired) electrons. The molecule has 2 aliphatic carbocycles. The molecule has 6 heterocycles. The Morgan fingerprint density at radius 2 is 1.12 bits per heavy atom. The molecule has 6 atom stereocenters. The molecule has 4 fully saturated rings. The van der Waals surface area contributed by atoms with Crippen LogP contribution in [0, 0.1) is 47.1 Å². The van der Waals surface area contributed by atoms with Gasteiger partial charge in [0.1, 0.15) is 0 Å². The summed E-state index contributed by atoms with van der Waals surface area (Å²) < 4.78 is 25.5. The molecule has 316 valence electrons. The monoisotopic (exact) mass is 860 g/mol. The lowest BCUT2D eigenvalue weighted by molar-refractivity contribution is -0.138. The van der Waals surface area contributed by atoms with Crippen LogP contribution >= 0.6 is 24.0 Å². The number of halogens is 4. The highest BCUT2D eigenvalue weighted by molar-refractivity contribution is 6.28. The van der Waals surface area contributed by atoms with Crippen LogP contribution in [-0.4, -0.2) is 80.4 Å². The summed E-state index contributed by atoms with van der Waals surface area (Å²) in [5.41, 5.74) is 12.9. The Bertz CT molecular complexity index is 2160. The van der Waals surface area contributed by atoms with Crippen molar-refractivity contribution >= 4 is 65.8 Å². The van der Waals surface area contributed by atoms with E-state index in [0.717, 1.165) is 82.7 Å². The normalized spacial score (nSPS) is 27.1. The summed E-state index contributed by atoms with van der Waals surface area (Å²) in [5.74, 6) is 1.57. The van der Waals surface area contributed by atoms with Crippen molar-refractivity contribution in [3.63, 3.8) is 0 Å². The van der Waals surface area contributed by atoms with Gasteiger partial charge in [0.25, 0.3) is 0 Å². The van der Waals surface area contributed by atoms with Gasteiger partial charge in [0.2, 0.25) is 23.0 Å². The van der Waals surface area contributed by atoms with Crippen LogP contribution in [0.2, 0.25) is 5.28 Å². The predicted molar refractivity (Wildman–Crippen MR) is 228 cm³/mol. The highest BCUT2D eigenvalue weighted by atomic mass is 35.5. The molecule has 14 nitrogen and oxygen atoms in total. The molecular formula is C42H48Cl2F2N12O2. The first-order chi connectivity index (χ1) is 28.6. The van der Waals surface area contributed by atoms with Gasteiger partial charge in [-0.1, -0.05) is 60.7 Å². The summed E-state index contributed by atoms with van der Waals surface area (Å²) in [7, 11) is 0. The fourth-order valence-corrected chi connectivity index (χ4v) is 9.58. The average Bonchev–Trinajstić information content (AvgIpc) is 4.11. The smallest absolute Gasteiger partial charge is 0.246 e. The molecule has 60 heavy (non-hydrogen) atoms. The molecule has 6 aliphatic rings. The minimum atomic E-state index is -0.653.